The van der Waals surface area contributed by atoms with Gasteiger partial charge in [0.05, 0.1) is 0 Å². The molecule has 0 aliphatic carbocycles. The second kappa shape index (κ2) is 24.7. The minimum atomic E-state index is 0.892. The molecule has 0 saturated heterocycles. The number of unbranched alkanes of at least 4 members (excludes halogenated alkanes) is 15. The van der Waals surface area contributed by atoms with E-state index in [1.54, 1.807) is 0 Å². The topological polar surface area (TPSA) is 52.0 Å². The highest BCUT2D eigenvalue weighted by Crippen LogP contribution is 2.23. The molecule has 0 unspecified atom stereocenters. The zero-order valence-corrected chi connectivity index (χ0v) is 33.2. The summed E-state index contributed by atoms with van der Waals surface area (Å²) < 4.78 is 0. The van der Waals surface area contributed by atoms with E-state index in [-0.39, 0.29) is 0 Å². The quantitative estimate of drug-likeness (QED) is 0.0480. The van der Waals surface area contributed by atoms with Crippen molar-refractivity contribution in [2.45, 2.75) is 168 Å². The monoisotopic (exact) mass is 701 g/mol. The maximum atomic E-state index is 6.18. The molecule has 4 aromatic carbocycles. The molecule has 52 heavy (non-hydrogen) atoms. The van der Waals surface area contributed by atoms with Gasteiger partial charge in [-0.3, -0.25) is 0 Å². The van der Waals surface area contributed by atoms with Crippen LogP contribution in [0.25, 0.3) is 0 Å². The average molecular weight is 701 g/mol. The summed E-state index contributed by atoms with van der Waals surface area (Å²) >= 11 is 0. The van der Waals surface area contributed by atoms with Gasteiger partial charge < -0.3 is 11.5 Å². The van der Waals surface area contributed by atoms with E-state index >= 15 is 0 Å². The van der Waals surface area contributed by atoms with Crippen LogP contribution in [-0.2, 0) is 38.5 Å². The maximum Gasteiger partial charge on any atom is 0.0316 e. The predicted molar refractivity (Wildman–Crippen MR) is 229 cm³/mol. The standard InChI is InChI=1S/C50H72N2/c1-3-5-7-9-15-19-23-45-39-49(51)35-33-47(45)37-43-29-25-41(26-30-43)21-17-13-11-12-14-18-22-42-27-31-44(32-28-42)38-48-34-36-50(52)40-46(48)24-20-16-10-8-6-4-2/h25-36,39-40H,3-24,37-38,51-52H2,1-2H3. The van der Waals surface area contributed by atoms with E-state index in [2.05, 4.69) is 98.8 Å². The predicted octanol–water partition coefficient (Wildman–Crippen LogP) is 14.0. The van der Waals surface area contributed by atoms with Gasteiger partial charge in [-0.2, -0.15) is 0 Å². The molecular formula is C50H72N2. The molecule has 0 saturated carbocycles. The van der Waals surface area contributed by atoms with Crippen LogP contribution in [0.15, 0.2) is 84.9 Å². The Morgan fingerprint density at radius 2 is 0.615 bits per heavy atom. The summed E-state index contributed by atoms with van der Waals surface area (Å²) in [6.07, 6.45) is 30.6. The van der Waals surface area contributed by atoms with E-state index in [1.807, 2.05) is 0 Å². The SMILES string of the molecule is CCCCCCCCc1cc(N)ccc1Cc1ccc(CCCCCCCCc2ccc(Cc3ccc(N)cc3CCCCCCCC)cc2)cc1. The van der Waals surface area contributed by atoms with E-state index in [0.29, 0.717) is 0 Å². The fraction of sp³-hybridized carbons (Fsp3) is 0.520. The van der Waals surface area contributed by atoms with Crippen LogP contribution in [0.5, 0.6) is 0 Å². The molecule has 0 radical (unpaired) electrons. The fourth-order valence-electron chi connectivity index (χ4n) is 7.75. The highest BCUT2D eigenvalue weighted by Gasteiger charge is 2.08. The highest BCUT2D eigenvalue weighted by atomic mass is 14.5. The molecule has 0 aliphatic heterocycles. The zero-order valence-electron chi connectivity index (χ0n) is 33.2. The molecule has 0 bridgehead atoms. The van der Waals surface area contributed by atoms with Gasteiger partial charge in [0.15, 0.2) is 0 Å². The minimum absolute atomic E-state index is 0.892. The highest BCUT2D eigenvalue weighted by molar-refractivity contribution is 5.47. The number of nitrogens with two attached hydrogens (primary N) is 2. The summed E-state index contributed by atoms with van der Waals surface area (Å²) in [6, 6.07) is 31.9. The lowest BCUT2D eigenvalue weighted by atomic mass is 9.94. The summed E-state index contributed by atoms with van der Waals surface area (Å²) in [4.78, 5) is 0. The fourth-order valence-corrected chi connectivity index (χ4v) is 7.75. The Balaban J connectivity index is 1.08. The molecule has 0 atom stereocenters. The number of hydrogen-bond donors (Lipinski definition) is 2. The molecule has 0 spiro atoms. The Hall–Kier alpha value is -3.52. The van der Waals surface area contributed by atoms with Crippen LogP contribution in [0.3, 0.4) is 0 Å². The Bertz CT molecular complexity index is 1400. The Morgan fingerprint density at radius 3 is 0.981 bits per heavy atom. The van der Waals surface area contributed by atoms with Crippen molar-refractivity contribution in [2.75, 3.05) is 11.5 Å². The van der Waals surface area contributed by atoms with E-state index in [0.717, 1.165) is 37.1 Å². The van der Waals surface area contributed by atoms with E-state index in [4.69, 9.17) is 11.5 Å². The first-order valence-electron chi connectivity index (χ1n) is 21.4. The molecule has 2 heteroatoms. The van der Waals surface area contributed by atoms with E-state index in [9.17, 15) is 0 Å². The molecule has 282 valence electrons. The van der Waals surface area contributed by atoms with Gasteiger partial charge in [-0.05, 0) is 133 Å². The average Bonchev–Trinajstić information content (AvgIpc) is 3.15. The van der Waals surface area contributed by atoms with E-state index in [1.165, 1.54) is 173 Å². The Morgan fingerprint density at radius 1 is 0.308 bits per heavy atom. The van der Waals surface area contributed by atoms with Crippen LogP contribution in [0.1, 0.15) is 174 Å². The van der Waals surface area contributed by atoms with Crippen LogP contribution in [-0.4, -0.2) is 0 Å². The van der Waals surface area contributed by atoms with Crippen molar-refractivity contribution in [1.82, 2.24) is 0 Å². The van der Waals surface area contributed by atoms with Gasteiger partial charge in [0, 0.05) is 11.4 Å². The van der Waals surface area contributed by atoms with Gasteiger partial charge in [0.2, 0.25) is 0 Å². The number of benzene rings is 4. The van der Waals surface area contributed by atoms with Crippen molar-refractivity contribution in [3.05, 3.63) is 129 Å². The molecule has 0 amide bonds. The normalized spacial score (nSPS) is 11.3. The van der Waals surface area contributed by atoms with Crippen molar-refractivity contribution >= 4 is 11.4 Å². The summed E-state index contributed by atoms with van der Waals surface area (Å²) in [6.45, 7) is 4.57. The van der Waals surface area contributed by atoms with Crippen molar-refractivity contribution in [3.8, 4) is 0 Å². The molecule has 0 aliphatic rings. The summed E-state index contributed by atoms with van der Waals surface area (Å²) in [5.41, 5.74) is 25.7. The van der Waals surface area contributed by atoms with Gasteiger partial charge in [0.25, 0.3) is 0 Å². The maximum absolute atomic E-state index is 6.18. The van der Waals surface area contributed by atoms with Crippen molar-refractivity contribution < 1.29 is 0 Å². The minimum Gasteiger partial charge on any atom is -0.399 e. The second-order valence-electron chi connectivity index (χ2n) is 15.7. The Kier molecular flexibility index (Phi) is 19.6. The third-order valence-electron chi connectivity index (χ3n) is 11.1. The van der Waals surface area contributed by atoms with Crippen LogP contribution in [0.2, 0.25) is 0 Å². The van der Waals surface area contributed by atoms with Crippen molar-refractivity contribution in [2.24, 2.45) is 0 Å². The first-order chi connectivity index (χ1) is 25.5. The smallest absolute Gasteiger partial charge is 0.0316 e. The third-order valence-corrected chi connectivity index (χ3v) is 11.1. The molecule has 0 heterocycles. The zero-order chi connectivity index (χ0) is 36.6. The largest absolute Gasteiger partial charge is 0.399 e. The van der Waals surface area contributed by atoms with Crippen LogP contribution >= 0.6 is 0 Å². The Labute approximate surface area is 319 Å². The molecule has 4 rings (SSSR count). The van der Waals surface area contributed by atoms with Gasteiger partial charge in [0.1, 0.15) is 0 Å². The van der Waals surface area contributed by atoms with Crippen LogP contribution in [0, 0.1) is 0 Å². The molecule has 4 N–H and O–H groups in total. The van der Waals surface area contributed by atoms with Gasteiger partial charge in [-0.25, -0.2) is 0 Å². The van der Waals surface area contributed by atoms with Gasteiger partial charge >= 0.3 is 0 Å². The molecular weight excluding hydrogens is 629 g/mol. The summed E-state index contributed by atoms with van der Waals surface area (Å²) in [5, 5.41) is 0. The first kappa shape index (κ1) is 41.2. The summed E-state index contributed by atoms with van der Waals surface area (Å²) in [5.74, 6) is 0. The number of rotatable bonds is 27. The number of hydrogen-bond acceptors (Lipinski definition) is 2. The lowest BCUT2D eigenvalue weighted by Gasteiger charge is -2.12. The summed E-state index contributed by atoms with van der Waals surface area (Å²) in [7, 11) is 0. The first-order valence-corrected chi connectivity index (χ1v) is 21.4. The van der Waals surface area contributed by atoms with E-state index < -0.39 is 0 Å². The van der Waals surface area contributed by atoms with Crippen LogP contribution < -0.4 is 11.5 Å². The van der Waals surface area contributed by atoms with Crippen molar-refractivity contribution in [3.63, 3.8) is 0 Å². The molecule has 2 nitrogen and oxygen atoms in total. The molecule has 0 aromatic heterocycles. The number of anilines is 2. The lowest BCUT2D eigenvalue weighted by Crippen LogP contribution is -1.99. The number of aryl methyl sites for hydroxylation is 4. The van der Waals surface area contributed by atoms with Crippen LogP contribution in [0.4, 0.5) is 11.4 Å². The third kappa shape index (κ3) is 16.0. The molecule has 4 aromatic rings. The second-order valence-corrected chi connectivity index (χ2v) is 15.7. The van der Waals surface area contributed by atoms with Crippen molar-refractivity contribution in [1.29, 1.82) is 0 Å². The number of nitrogen functional groups attached to an aromatic ring is 2. The molecule has 0 fully saturated rings. The van der Waals surface area contributed by atoms with Gasteiger partial charge in [-0.15, -0.1) is 0 Å². The van der Waals surface area contributed by atoms with Gasteiger partial charge in [-0.1, -0.05) is 164 Å². The lowest BCUT2D eigenvalue weighted by molar-refractivity contribution is 0.594.